The monoisotopic (exact) mass is 279 g/mol. The lowest BCUT2D eigenvalue weighted by Crippen LogP contribution is -2.25. The van der Waals surface area contributed by atoms with E-state index in [-0.39, 0.29) is 0 Å². The zero-order valence-electron chi connectivity index (χ0n) is 13.2. The maximum Gasteiger partial charge on any atom is 0.297 e. The van der Waals surface area contributed by atoms with Gasteiger partial charge in [0.15, 0.2) is 0 Å². The Morgan fingerprint density at radius 2 is 2.25 bits per heavy atom. The molecular weight excluding hydrogens is 250 g/mol. The van der Waals surface area contributed by atoms with Crippen molar-refractivity contribution in [3.05, 3.63) is 12.0 Å². The summed E-state index contributed by atoms with van der Waals surface area (Å²) in [5, 5.41) is 3.37. The van der Waals surface area contributed by atoms with E-state index in [1.165, 1.54) is 32.1 Å². The Morgan fingerprint density at radius 3 is 3.00 bits per heavy atom. The Morgan fingerprint density at radius 1 is 1.40 bits per heavy atom. The summed E-state index contributed by atoms with van der Waals surface area (Å²) in [5.41, 5.74) is 1.00. The summed E-state index contributed by atoms with van der Waals surface area (Å²) in [6, 6.07) is 1.28. The normalized spacial score (nSPS) is 20.4. The smallest absolute Gasteiger partial charge is 0.297 e. The molecule has 1 N–H and O–H groups in total. The van der Waals surface area contributed by atoms with Crippen LogP contribution in [-0.2, 0) is 6.54 Å². The minimum Gasteiger partial charge on any atom is -0.432 e. The average Bonchev–Trinajstić information content (AvgIpc) is 2.77. The third kappa shape index (κ3) is 4.51. The molecule has 0 spiro atoms. The van der Waals surface area contributed by atoms with Gasteiger partial charge in [-0.3, -0.25) is 0 Å². The van der Waals surface area contributed by atoms with Crippen LogP contribution in [0.3, 0.4) is 0 Å². The highest BCUT2D eigenvalue weighted by molar-refractivity contribution is 5.27. The third-order valence-corrected chi connectivity index (χ3v) is 4.05. The number of anilines is 1. The second-order valence-corrected chi connectivity index (χ2v) is 6.23. The van der Waals surface area contributed by atoms with Gasteiger partial charge >= 0.3 is 0 Å². The molecule has 2 rings (SSSR count). The predicted molar refractivity (Wildman–Crippen MR) is 82.9 cm³/mol. The van der Waals surface area contributed by atoms with E-state index in [9.17, 15) is 0 Å². The van der Waals surface area contributed by atoms with Crippen LogP contribution in [-0.4, -0.2) is 24.1 Å². The number of rotatable bonds is 6. The van der Waals surface area contributed by atoms with Gasteiger partial charge in [-0.1, -0.05) is 33.6 Å². The van der Waals surface area contributed by atoms with E-state index in [4.69, 9.17) is 4.42 Å². The predicted octanol–water partition coefficient (Wildman–Crippen LogP) is 3.58. The highest BCUT2D eigenvalue weighted by Gasteiger charge is 2.19. The first-order chi connectivity index (χ1) is 9.69. The zero-order chi connectivity index (χ0) is 14.4. The van der Waals surface area contributed by atoms with Crippen molar-refractivity contribution in [1.29, 1.82) is 0 Å². The van der Waals surface area contributed by atoms with Crippen LogP contribution >= 0.6 is 0 Å². The maximum atomic E-state index is 5.66. The van der Waals surface area contributed by atoms with Crippen LogP contribution in [0.15, 0.2) is 10.7 Å². The topological polar surface area (TPSA) is 41.3 Å². The molecule has 1 atom stereocenters. The van der Waals surface area contributed by atoms with Crippen molar-refractivity contribution in [3.8, 4) is 0 Å². The summed E-state index contributed by atoms with van der Waals surface area (Å²) < 4.78 is 5.66. The molecule has 1 unspecified atom stereocenters. The molecule has 0 amide bonds. The van der Waals surface area contributed by atoms with Crippen molar-refractivity contribution in [2.45, 2.75) is 65.5 Å². The van der Waals surface area contributed by atoms with Crippen LogP contribution in [0.25, 0.3) is 0 Å². The van der Waals surface area contributed by atoms with E-state index >= 15 is 0 Å². The Kier molecular flexibility index (Phi) is 5.89. The van der Waals surface area contributed by atoms with Crippen molar-refractivity contribution in [3.63, 3.8) is 0 Å². The van der Waals surface area contributed by atoms with E-state index in [2.05, 4.69) is 36.0 Å². The van der Waals surface area contributed by atoms with Crippen LogP contribution in [0, 0.1) is 5.92 Å². The van der Waals surface area contributed by atoms with E-state index in [1.807, 2.05) is 0 Å². The molecule has 0 aromatic carbocycles. The lowest BCUT2D eigenvalue weighted by molar-refractivity contribution is 0.434. The summed E-state index contributed by atoms with van der Waals surface area (Å²) in [5.74, 6) is 0.891. The number of nitrogens with one attached hydrogen (secondary N) is 1. The van der Waals surface area contributed by atoms with Gasteiger partial charge in [-0.05, 0) is 25.2 Å². The first kappa shape index (κ1) is 15.4. The summed E-state index contributed by atoms with van der Waals surface area (Å²) in [6.45, 7) is 9.52. The van der Waals surface area contributed by atoms with Gasteiger partial charge in [-0.25, -0.2) is 0 Å². The molecule has 4 heteroatoms. The van der Waals surface area contributed by atoms with Crippen molar-refractivity contribution in [2.24, 2.45) is 5.92 Å². The number of hydrogen-bond donors (Lipinski definition) is 1. The van der Waals surface area contributed by atoms with E-state index in [0.717, 1.165) is 37.3 Å². The maximum absolute atomic E-state index is 5.66. The Hall–Kier alpha value is -1.03. The van der Waals surface area contributed by atoms with Gasteiger partial charge in [0.25, 0.3) is 6.01 Å². The molecule has 0 saturated carbocycles. The molecule has 1 aromatic rings. The Balaban J connectivity index is 1.88. The third-order valence-electron chi connectivity index (χ3n) is 4.05. The number of nitrogens with zero attached hydrogens (tertiary/aromatic N) is 2. The fourth-order valence-electron chi connectivity index (χ4n) is 2.88. The number of oxazole rings is 1. The molecule has 0 bridgehead atoms. The minimum atomic E-state index is 0.475. The second-order valence-electron chi connectivity index (χ2n) is 6.23. The van der Waals surface area contributed by atoms with Crippen LogP contribution in [0.5, 0.6) is 0 Å². The molecule has 0 radical (unpaired) electrons. The molecule has 4 nitrogen and oxygen atoms in total. The van der Waals surface area contributed by atoms with Crippen LogP contribution < -0.4 is 10.2 Å². The molecule has 0 aliphatic carbocycles. The van der Waals surface area contributed by atoms with Crippen molar-refractivity contribution >= 4 is 6.01 Å². The second kappa shape index (κ2) is 7.67. The van der Waals surface area contributed by atoms with Crippen molar-refractivity contribution in [1.82, 2.24) is 10.3 Å². The van der Waals surface area contributed by atoms with Gasteiger partial charge < -0.3 is 14.6 Å². The molecule has 1 aliphatic rings. The van der Waals surface area contributed by atoms with Gasteiger partial charge in [-0.15, -0.1) is 0 Å². The summed E-state index contributed by atoms with van der Waals surface area (Å²) in [6.07, 6.45) is 8.34. The standard InChI is InChI=1S/C16H29N3O/c1-4-6-14-7-5-9-19(10-8-14)16-18-15(12-20-16)11-17-13(2)3/h12-14,17H,4-11H2,1-3H3. The largest absolute Gasteiger partial charge is 0.432 e. The molecule has 20 heavy (non-hydrogen) atoms. The molecule has 114 valence electrons. The molecule has 2 heterocycles. The fourth-order valence-corrected chi connectivity index (χ4v) is 2.88. The number of aromatic nitrogens is 1. The number of hydrogen-bond acceptors (Lipinski definition) is 4. The summed E-state index contributed by atoms with van der Waals surface area (Å²) in [7, 11) is 0. The first-order valence-corrected chi connectivity index (χ1v) is 8.11. The van der Waals surface area contributed by atoms with Crippen molar-refractivity contribution in [2.75, 3.05) is 18.0 Å². The SMILES string of the molecule is CCCC1CCCN(c2nc(CNC(C)C)co2)CC1. The van der Waals surface area contributed by atoms with Gasteiger partial charge in [0.05, 0.1) is 5.69 Å². The Labute approximate surface area is 122 Å². The molecular formula is C16H29N3O. The molecule has 1 aromatic heterocycles. The van der Waals surface area contributed by atoms with Crippen LogP contribution in [0.2, 0.25) is 0 Å². The Bertz CT molecular complexity index is 389. The molecule has 1 saturated heterocycles. The summed E-state index contributed by atoms with van der Waals surface area (Å²) in [4.78, 5) is 6.93. The highest BCUT2D eigenvalue weighted by Crippen LogP contribution is 2.25. The quantitative estimate of drug-likeness (QED) is 0.864. The van der Waals surface area contributed by atoms with Crippen LogP contribution in [0.1, 0.15) is 58.6 Å². The zero-order valence-corrected chi connectivity index (χ0v) is 13.2. The van der Waals surface area contributed by atoms with E-state index in [1.54, 1.807) is 6.26 Å². The lowest BCUT2D eigenvalue weighted by Gasteiger charge is -2.17. The minimum absolute atomic E-state index is 0.475. The van der Waals surface area contributed by atoms with Crippen molar-refractivity contribution < 1.29 is 4.42 Å². The highest BCUT2D eigenvalue weighted by atomic mass is 16.4. The van der Waals surface area contributed by atoms with Gasteiger partial charge in [0.2, 0.25) is 0 Å². The molecule has 1 aliphatic heterocycles. The van der Waals surface area contributed by atoms with E-state index in [0.29, 0.717) is 6.04 Å². The van der Waals surface area contributed by atoms with Crippen LogP contribution in [0.4, 0.5) is 6.01 Å². The average molecular weight is 279 g/mol. The van der Waals surface area contributed by atoms with Gasteiger partial charge in [-0.2, -0.15) is 4.98 Å². The molecule has 1 fully saturated rings. The van der Waals surface area contributed by atoms with Gasteiger partial charge in [0, 0.05) is 25.7 Å². The van der Waals surface area contributed by atoms with E-state index < -0.39 is 0 Å². The first-order valence-electron chi connectivity index (χ1n) is 8.11. The summed E-state index contributed by atoms with van der Waals surface area (Å²) >= 11 is 0. The lowest BCUT2D eigenvalue weighted by atomic mass is 9.96. The fraction of sp³-hybridized carbons (Fsp3) is 0.812. The van der Waals surface area contributed by atoms with Gasteiger partial charge in [0.1, 0.15) is 6.26 Å².